The highest BCUT2D eigenvalue weighted by atomic mass is 79.9. The van der Waals surface area contributed by atoms with Gasteiger partial charge in [-0.2, -0.15) is 5.26 Å². The van der Waals surface area contributed by atoms with E-state index in [1.54, 1.807) is 12.1 Å². The molecule has 0 saturated heterocycles. The predicted octanol–water partition coefficient (Wildman–Crippen LogP) is 4.08. The highest BCUT2D eigenvalue weighted by molar-refractivity contribution is 9.10. The number of carbonyl (C=O) groups excluding carboxylic acids is 1. The van der Waals surface area contributed by atoms with Gasteiger partial charge in [0.25, 0.3) is 5.91 Å². The third-order valence-corrected chi connectivity index (χ3v) is 4.05. The van der Waals surface area contributed by atoms with Crippen molar-refractivity contribution in [3.63, 3.8) is 0 Å². The van der Waals surface area contributed by atoms with E-state index in [2.05, 4.69) is 21.2 Å². The molecular formula is C20H19BrN2O3. The van der Waals surface area contributed by atoms with E-state index in [0.717, 1.165) is 5.56 Å². The summed E-state index contributed by atoms with van der Waals surface area (Å²) in [5.74, 6) is 0.676. The Balaban J connectivity index is 2.34. The van der Waals surface area contributed by atoms with Gasteiger partial charge < -0.3 is 14.8 Å². The van der Waals surface area contributed by atoms with Gasteiger partial charge in [0.2, 0.25) is 0 Å². The van der Waals surface area contributed by atoms with Gasteiger partial charge in [-0.15, -0.1) is 0 Å². The average Bonchev–Trinajstić information content (AvgIpc) is 2.66. The van der Waals surface area contributed by atoms with E-state index < -0.39 is 5.91 Å². The van der Waals surface area contributed by atoms with Crippen molar-refractivity contribution in [3.8, 4) is 17.6 Å². The van der Waals surface area contributed by atoms with Crippen molar-refractivity contribution >= 4 is 27.9 Å². The predicted molar refractivity (Wildman–Crippen MR) is 104 cm³/mol. The molecule has 0 fully saturated rings. The molecule has 0 aliphatic rings. The lowest BCUT2D eigenvalue weighted by molar-refractivity contribution is -0.116. The van der Waals surface area contributed by atoms with Gasteiger partial charge in [0.15, 0.2) is 11.5 Å². The first-order chi connectivity index (χ1) is 12.6. The first kappa shape index (κ1) is 19.5. The average molecular weight is 415 g/mol. The second-order valence-corrected chi connectivity index (χ2v) is 6.14. The Bertz CT molecular complexity index is 842. The van der Waals surface area contributed by atoms with Crippen LogP contribution >= 0.6 is 15.9 Å². The van der Waals surface area contributed by atoms with E-state index in [1.807, 2.05) is 43.3 Å². The van der Waals surface area contributed by atoms with Gasteiger partial charge in [0.1, 0.15) is 18.2 Å². The Hall–Kier alpha value is -2.78. The quantitative estimate of drug-likeness (QED) is 0.547. The van der Waals surface area contributed by atoms with E-state index in [-0.39, 0.29) is 5.57 Å². The summed E-state index contributed by atoms with van der Waals surface area (Å²) in [5.41, 5.74) is 1.71. The Morgan fingerprint density at radius 1 is 1.27 bits per heavy atom. The van der Waals surface area contributed by atoms with E-state index >= 15 is 0 Å². The number of ether oxygens (including phenoxy) is 2. The first-order valence-corrected chi connectivity index (χ1v) is 8.85. The molecule has 0 heterocycles. The lowest BCUT2D eigenvalue weighted by atomic mass is 10.1. The summed E-state index contributed by atoms with van der Waals surface area (Å²) < 4.78 is 12.3. The van der Waals surface area contributed by atoms with Crippen molar-refractivity contribution in [3.05, 3.63) is 63.6 Å². The highest BCUT2D eigenvalue weighted by Crippen LogP contribution is 2.38. The minimum atomic E-state index is -0.439. The molecule has 0 bridgehead atoms. The highest BCUT2D eigenvalue weighted by Gasteiger charge is 2.14. The normalized spacial score (nSPS) is 10.8. The molecule has 0 aliphatic carbocycles. The molecule has 2 aromatic carbocycles. The molecule has 0 saturated carbocycles. The minimum absolute atomic E-state index is 0.0137. The molecule has 26 heavy (non-hydrogen) atoms. The second kappa shape index (κ2) is 9.64. The summed E-state index contributed by atoms with van der Waals surface area (Å²) in [6.07, 6.45) is 1.51. The number of nitriles is 1. The van der Waals surface area contributed by atoms with Gasteiger partial charge in [-0.25, -0.2) is 0 Å². The van der Waals surface area contributed by atoms with Crippen LogP contribution in [0, 0.1) is 11.3 Å². The molecule has 2 aromatic rings. The molecule has 0 spiro atoms. The topological polar surface area (TPSA) is 71.3 Å². The maximum atomic E-state index is 11.7. The first-order valence-electron chi connectivity index (χ1n) is 8.06. The van der Waals surface area contributed by atoms with E-state index in [9.17, 15) is 4.79 Å². The number of nitrogens with one attached hydrogen (secondary N) is 1. The maximum Gasteiger partial charge on any atom is 0.261 e. The summed E-state index contributed by atoms with van der Waals surface area (Å²) in [4.78, 5) is 11.7. The molecular weight excluding hydrogens is 396 g/mol. The van der Waals surface area contributed by atoms with Crippen LogP contribution in [0.15, 0.2) is 52.5 Å². The van der Waals surface area contributed by atoms with Crippen LogP contribution in [-0.2, 0) is 11.4 Å². The van der Waals surface area contributed by atoms with Crippen molar-refractivity contribution in [2.24, 2.45) is 0 Å². The van der Waals surface area contributed by atoms with E-state index in [4.69, 9.17) is 14.7 Å². The third-order valence-electron chi connectivity index (χ3n) is 3.46. The second-order valence-electron chi connectivity index (χ2n) is 5.29. The molecule has 0 aliphatic heterocycles. The van der Waals surface area contributed by atoms with E-state index in [0.29, 0.717) is 34.7 Å². The fraction of sp³-hybridized carbons (Fsp3) is 0.200. The zero-order valence-corrected chi connectivity index (χ0v) is 16.2. The Morgan fingerprint density at radius 3 is 2.62 bits per heavy atom. The molecule has 1 amide bonds. The van der Waals surface area contributed by atoms with Crippen LogP contribution in [0.25, 0.3) is 6.08 Å². The van der Waals surface area contributed by atoms with Crippen molar-refractivity contribution in [2.45, 2.75) is 13.5 Å². The van der Waals surface area contributed by atoms with Crippen molar-refractivity contribution in [2.75, 3.05) is 13.7 Å². The van der Waals surface area contributed by atoms with Gasteiger partial charge in [-0.05, 0) is 52.2 Å². The van der Waals surface area contributed by atoms with Gasteiger partial charge in [0.05, 0.1) is 11.1 Å². The number of hydrogen-bond donors (Lipinski definition) is 1. The van der Waals surface area contributed by atoms with Gasteiger partial charge in [0, 0.05) is 7.05 Å². The molecule has 0 unspecified atom stereocenters. The smallest absolute Gasteiger partial charge is 0.261 e. The fourth-order valence-corrected chi connectivity index (χ4v) is 2.83. The summed E-state index contributed by atoms with van der Waals surface area (Å²) in [7, 11) is 1.48. The van der Waals surface area contributed by atoms with Crippen LogP contribution in [-0.4, -0.2) is 19.6 Å². The summed E-state index contributed by atoms with van der Waals surface area (Å²) in [5, 5.41) is 11.6. The molecule has 0 aromatic heterocycles. The van der Waals surface area contributed by atoms with Gasteiger partial charge in [-0.1, -0.05) is 30.3 Å². The number of amides is 1. The zero-order valence-electron chi connectivity index (χ0n) is 14.6. The van der Waals surface area contributed by atoms with Crippen molar-refractivity contribution in [1.29, 1.82) is 5.26 Å². The lowest BCUT2D eigenvalue weighted by Gasteiger charge is -2.15. The number of halogens is 1. The third kappa shape index (κ3) is 5.11. The molecule has 134 valence electrons. The molecule has 2 rings (SSSR count). The van der Waals surface area contributed by atoms with Crippen LogP contribution in [0.4, 0.5) is 0 Å². The number of carbonyl (C=O) groups is 1. The fourth-order valence-electron chi connectivity index (χ4n) is 2.25. The molecule has 5 nitrogen and oxygen atoms in total. The molecule has 6 heteroatoms. The van der Waals surface area contributed by atoms with Crippen molar-refractivity contribution in [1.82, 2.24) is 5.32 Å². The maximum absolute atomic E-state index is 11.7. The minimum Gasteiger partial charge on any atom is -0.490 e. The Kier molecular flexibility index (Phi) is 7.24. The molecule has 1 N–H and O–H groups in total. The van der Waals surface area contributed by atoms with Crippen LogP contribution in [0.1, 0.15) is 18.1 Å². The lowest BCUT2D eigenvalue weighted by Crippen LogP contribution is -2.19. The van der Waals surface area contributed by atoms with Crippen molar-refractivity contribution < 1.29 is 14.3 Å². The van der Waals surface area contributed by atoms with Gasteiger partial charge in [-0.3, -0.25) is 4.79 Å². The molecule has 0 radical (unpaired) electrons. The number of benzene rings is 2. The summed E-state index contributed by atoms with van der Waals surface area (Å²) in [6, 6.07) is 15.2. The Labute approximate surface area is 161 Å². The van der Waals surface area contributed by atoms with Crippen LogP contribution in [0.5, 0.6) is 11.5 Å². The summed E-state index contributed by atoms with van der Waals surface area (Å²) in [6.45, 7) is 2.74. The number of nitrogens with zero attached hydrogens (tertiary/aromatic N) is 1. The van der Waals surface area contributed by atoms with Crippen LogP contribution in [0.3, 0.4) is 0 Å². The van der Waals surface area contributed by atoms with Crippen LogP contribution in [0.2, 0.25) is 0 Å². The molecule has 0 atom stereocenters. The van der Waals surface area contributed by atoms with E-state index in [1.165, 1.54) is 13.1 Å². The largest absolute Gasteiger partial charge is 0.490 e. The Morgan fingerprint density at radius 2 is 2.00 bits per heavy atom. The zero-order chi connectivity index (χ0) is 18.9. The number of rotatable bonds is 7. The monoisotopic (exact) mass is 414 g/mol. The number of likely N-dealkylation sites (N-methyl/N-ethyl adjacent to an activating group) is 1. The van der Waals surface area contributed by atoms with Gasteiger partial charge >= 0.3 is 0 Å². The summed E-state index contributed by atoms with van der Waals surface area (Å²) >= 11 is 3.49. The van der Waals surface area contributed by atoms with Crippen LogP contribution < -0.4 is 14.8 Å². The SMILES string of the molecule is CCOc1cc(/C=C(\C#N)C(=O)NC)cc(Br)c1OCc1ccccc1. The number of hydrogen-bond acceptors (Lipinski definition) is 4. The standard InChI is InChI=1S/C20H19BrN2O3/c1-3-25-18-11-15(9-16(12-22)20(24)23-2)10-17(21)19(18)26-13-14-7-5-4-6-8-14/h4-11H,3,13H2,1-2H3,(H,23,24)/b16-9+.